The molecule has 0 aliphatic heterocycles. The van der Waals surface area contributed by atoms with Crippen molar-refractivity contribution in [3.05, 3.63) is 84.1 Å². The summed E-state index contributed by atoms with van der Waals surface area (Å²) in [5.74, 6) is -0.269. The van der Waals surface area contributed by atoms with E-state index >= 15 is 0 Å². The monoisotopic (exact) mass is 406 g/mol. The van der Waals surface area contributed by atoms with Crippen molar-refractivity contribution in [2.24, 2.45) is 0 Å². The fraction of sp³-hybridized carbons (Fsp3) is 0.174. The summed E-state index contributed by atoms with van der Waals surface area (Å²) in [5.41, 5.74) is 1.81. The van der Waals surface area contributed by atoms with Crippen LogP contribution in [0.25, 0.3) is 0 Å². The van der Waals surface area contributed by atoms with Gasteiger partial charge in [0.05, 0.1) is 6.61 Å². The Morgan fingerprint density at radius 1 is 0.933 bits per heavy atom. The Morgan fingerprint density at radius 2 is 1.70 bits per heavy atom. The summed E-state index contributed by atoms with van der Waals surface area (Å²) < 4.78 is 16.1. The minimum atomic E-state index is -0.675. The SMILES string of the molecule is CCOc1ncccc1C(=O)OCC(=O)Nc1ccc(OCc2ccccc2)cc1. The summed E-state index contributed by atoms with van der Waals surface area (Å²) in [6.07, 6.45) is 1.52. The summed E-state index contributed by atoms with van der Waals surface area (Å²) in [4.78, 5) is 28.3. The van der Waals surface area contributed by atoms with Gasteiger partial charge in [-0.1, -0.05) is 30.3 Å². The molecule has 2 aromatic carbocycles. The van der Waals surface area contributed by atoms with Gasteiger partial charge in [0.25, 0.3) is 5.91 Å². The van der Waals surface area contributed by atoms with E-state index in [2.05, 4.69) is 10.3 Å². The molecule has 1 heterocycles. The zero-order valence-corrected chi connectivity index (χ0v) is 16.5. The van der Waals surface area contributed by atoms with E-state index in [1.54, 1.807) is 37.3 Å². The van der Waals surface area contributed by atoms with E-state index in [0.29, 0.717) is 24.7 Å². The van der Waals surface area contributed by atoms with Crippen molar-refractivity contribution in [1.82, 2.24) is 4.98 Å². The summed E-state index contributed by atoms with van der Waals surface area (Å²) in [6, 6.07) is 19.9. The van der Waals surface area contributed by atoms with Gasteiger partial charge in [0.2, 0.25) is 5.88 Å². The summed E-state index contributed by atoms with van der Waals surface area (Å²) in [5, 5.41) is 2.67. The Bertz CT molecular complexity index is 974. The van der Waals surface area contributed by atoms with Crippen LogP contribution >= 0.6 is 0 Å². The predicted octanol–water partition coefficient (Wildman–Crippen LogP) is 3.85. The highest BCUT2D eigenvalue weighted by atomic mass is 16.5. The molecule has 0 atom stereocenters. The Balaban J connectivity index is 1.47. The van der Waals surface area contributed by atoms with Crippen LogP contribution in [0.4, 0.5) is 5.69 Å². The lowest BCUT2D eigenvalue weighted by Gasteiger charge is -2.10. The third-order valence-electron chi connectivity index (χ3n) is 3.99. The first kappa shape index (κ1) is 20.9. The number of hydrogen-bond acceptors (Lipinski definition) is 6. The van der Waals surface area contributed by atoms with Crippen molar-refractivity contribution in [1.29, 1.82) is 0 Å². The van der Waals surface area contributed by atoms with Crippen LogP contribution in [0.3, 0.4) is 0 Å². The maximum atomic E-state index is 12.2. The molecule has 1 N–H and O–H groups in total. The second kappa shape index (κ2) is 10.6. The average Bonchev–Trinajstić information content (AvgIpc) is 2.78. The van der Waals surface area contributed by atoms with E-state index in [0.717, 1.165) is 5.56 Å². The number of rotatable bonds is 9. The smallest absolute Gasteiger partial charge is 0.344 e. The molecule has 1 aromatic heterocycles. The van der Waals surface area contributed by atoms with E-state index in [4.69, 9.17) is 14.2 Å². The van der Waals surface area contributed by atoms with Crippen molar-refractivity contribution in [3.8, 4) is 11.6 Å². The largest absolute Gasteiger partial charge is 0.489 e. The molecule has 0 saturated carbocycles. The highest BCUT2D eigenvalue weighted by molar-refractivity contribution is 5.96. The second-order valence-corrected chi connectivity index (χ2v) is 6.21. The van der Waals surface area contributed by atoms with Gasteiger partial charge in [0.1, 0.15) is 17.9 Å². The quantitative estimate of drug-likeness (QED) is 0.543. The van der Waals surface area contributed by atoms with E-state index in [9.17, 15) is 9.59 Å². The lowest BCUT2D eigenvalue weighted by Crippen LogP contribution is -2.21. The lowest BCUT2D eigenvalue weighted by molar-refractivity contribution is -0.119. The van der Waals surface area contributed by atoms with Gasteiger partial charge in [-0.15, -0.1) is 0 Å². The summed E-state index contributed by atoms with van der Waals surface area (Å²) in [6.45, 7) is 2.18. The van der Waals surface area contributed by atoms with E-state index in [1.165, 1.54) is 12.3 Å². The first-order chi connectivity index (χ1) is 14.7. The van der Waals surface area contributed by atoms with Gasteiger partial charge in [-0.25, -0.2) is 9.78 Å². The zero-order chi connectivity index (χ0) is 21.2. The molecule has 0 spiro atoms. The van der Waals surface area contributed by atoms with Gasteiger partial charge in [-0.2, -0.15) is 0 Å². The fourth-order valence-corrected chi connectivity index (χ4v) is 2.58. The van der Waals surface area contributed by atoms with Crippen LogP contribution < -0.4 is 14.8 Å². The van der Waals surface area contributed by atoms with Gasteiger partial charge in [-0.05, 0) is 48.9 Å². The molecule has 0 radical (unpaired) electrons. The van der Waals surface area contributed by atoms with E-state index in [1.807, 2.05) is 30.3 Å². The first-order valence-corrected chi connectivity index (χ1v) is 9.47. The van der Waals surface area contributed by atoms with Crippen molar-refractivity contribution >= 4 is 17.6 Å². The molecule has 7 heteroatoms. The molecule has 0 unspecified atom stereocenters. The van der Waals surface area contributed by atoms with Crippen LogP contribution in [0.2, 0.25) is 0 Å². The number of nitrogens with one attached hydrogen (secondary N) is 1. The van der Waals surface area contributed by atoms with Gasteiger partial charge < -0.3 is 19.5 Å². The number of aromatic nitrogens is 1. The standard InChI is InChI=1S/C23H22N2O5/c1-2-28-22-20(9-6-14-24-22)23(27)30-16-21(26)25-18-10-12-19(13-11-18)29-15-17-7-4-3-5-8-17/h3-14H,2,15-16H2,1H3,(H,25,26). The number of amides is 1. The average molecular weight is 406 g/mol. The Morgan fingerprint density at radius 3 is 2.43 bits per heavy atom. The molecule has 3 rings (SSSR count). The topological polar surface area (TPSA) is 86.8 Å². The van der Waals surface area contributed by atoms with Crippen molar-refractivity contribution in [2.75, 3.05) is 18.5 Å². The number of hydrogen-bond donors (Lipinski definition) is 1. The number of carbonyl (C=O) groups excluding carboxylic acids is 2. The molecule has 0 saturated heterocycles. The van der Waals surface area contributed by atoms with Crippen LogP contribution in [-0.2, 0) is 16.1 Å². The zero-order valence-electron chi connectivity index (χ0n) is 16.5. The first-order valence-electron chi connectivity index (χ1n) is 9.47. The van der Waals surface area contributed by atoms with Crippen LogP contribution in [0.5, 0.6) is 11.6 Å². The molecule has 30 heavy (non-hydrogen) atoms. The molecule has 3 aromatic rings. The third-order valence-corrected chi connectivity index (χ3v) is 3.99. The minimum absolute atomic E-state index is 0.173. The highest BCUT2D eigenvalue weighted by Gasteiger charge is 2.16. The van der Waals surface area contributed by atoms with Gasteiger partial charge in [0, 0.05) is 11.9 Å². The van der Waals surface area contributed by atoms with Crippen LogP contribution in [0.1, 0.15) is 22.8 Å². The molecule has 0 aliphatic rings. The molecular formula is C23H22N2O5. The fourth-order valence-electron chi connectivity index (χ4n) is 2.58. The predicted molar refractivity (Wildman–Crippen MR) is 112 cm³/mol. The third kappa shape index (κ3) is 6.07. The normalized spacial score (nSPS) is 10.2. The number of nitrogens with zero attached hydrogens (tertiary/aromatic N) is 1. The number of anilines is 1. The highest BCUT2D eigenvalue weighted by Crippen LogP contribution is 2.18. The Hall–Kier alpha value is -3.87. The molecular weight excluding hydrogens is 384 g/mol. The number of ether oxygens (including phenoxy) is 3. The molecule has 0 bridgehead atoms. The number of carbonyl (C=O) groups is 2. The van der Waals surface area contributed by atoms with Crippen LogP contribution in [0, 0.1) is 0 Å². The molecule has 0 fully saturated rings. The molecule has 1 amide bonds. The minimum Gasteiger partial charge on any atom is -0.489 e. The number of benzene rings is 2. The van der Waals surface area contributed by atoms with Crippen LogP contribution in [0.15, 0.2) is 72.9 Å². The Kier molecular flexibility index (Phi) is 7.38. The Labute approximate surface area is 174 Å². The summed E-state index contributed by atoms with van der Waals surface area (Å²) in [7, 11) is 0. The van der Waals surface area contributed by atoms with Gasteiger partial charge >= 0.3 is 5.97 Å². The van der Waals surface area contributed by atoms with E-state index in [-0.39, 0.29) is 11.4 Å². The van der Waals surface area contributed by atoms with Crippen molar-refractivity contribution in [3.63, 3.8) is 0 Å². The van der Waals surface area contributed by atoms with Crippen LogP contribution in [-0.4, -0.2) is 30.1 Å². The van der Waals surface area contributed by atoms with Gasteiger partial charge in [0.15, 0.2) is 6.61 Å². The number of pyridine rings is 1. The molecule has 7 nitrogen and oxygen atoms in total. The number of esters is 1. The van der Waals surface area contributed by atoms with Gasteiger partial charge in [-0.3, -0.25) is 4.79 Å². The molecule has 0 aliphatic carbocycles. The van der Waals surface area contributed by atoms with Crippen molar-refractivity contribution in [2.45, 2.75) is 13.5 Å². The molecule has 154 valence electrons. The van der Waals surface area contributed by atoms with Crippen molar-refractivity contribution < 1.29 is 23.8 Å². The van der Waals surface area contributed by atoms with E-state index < -0.39 is 18.5 Å². The summed E-state index contributed by atoms with van der Waals surface area (Å²) >= 11 is 0. The maximum absolute atomic E-state index is 12.2. The lowest BCUT2D eigenvalue weighted by atomic mass is 10.2. The second-order valence-electron chi connectivity index (χ2n) is 6.21. The maximum Gasteiger partial charge on any atom is 0.344 e.